The number of hydrogen-bond acceptors (Lipinski definition) is 5. The number of β-amino-alcohol motifs (C(OH)–C–C–N with tert-alkyl or cyclic N) is 1. The van der Waals surface area contributed by atoms with Gasteiger partial charge in [-0.2, -0.15) is 0 Å². The van der Waals surface area contributed by atoms with Gasteiger partial charge in [-0.15, -0.1) is 0 Å². The summed E-state index contributed by atoms with van der Waals surface area (Å²) >= 11 is 0. The number of carbonyl (C=O) groups excluding carboxylic acids is 1. The molecule has 0 aromatic heterocycles. The van der Waals surface area contributed by atoms with E-state index in [4.69, 9.17) is 4.74 Å². The van der Waals surface area contributed by atoms with Crippen LogP contribution in [0.5, 0.6) is 0 Å². The monoisotopic (exact) mass is 437 g/mol. The lowest BCUT2D eigenvalue weighted by atomic mass is 9.92. The lowest BCUT2D eigenvalue weighted by Gasteiger charge is -2.47. The van der Waals surface area contributed by atoms with E-state index in [0.717, 1.165) is 12.1 Å². The minimum absolute atomic E-state index is 0.0187. The first-order chi connectivity index (χ1) is 14.6. The van der Waals surface area contributed by atoms with Gasteiger partial charge in [0.1, 0.15) is 11.4 Å². The van der Waals surface area contributed by atoms with Gasteiger partial charge in [0.05, 0.1) is 36.6 Å². The smallest absolute Gasteiger partial charge is 0.256 e. The molecule has 6 nitrogen and oxygen atoms in total. The lowest BCUT2D eigenvalue weighted by Crippen LogP contribution is -2.67. The number of carbonyl (C=O) groups is 1. The van der Waals surface area contributed by atoms with E-state index in [9.17, 15) is 23.1 Å². The van der Waals surface area contributed by atoms with Crippen LogP contribution in [-0.4, -0.2) is 60.9 Å². The van der Waals surface area contributed by atoms with Gasteiger partial charge in [0.25, 0.3) is 5.91 Å². The first-order valence-electron chi connectivity index (χ1n) is 9.88. The molecule has 1 atom stereocenters. The maximum absolute atomic E-state index is 14.5. The maximum Gasteiger partial charge on any atom is 0.256 e. The molecule has 0 bridgehead atoms. The second kappa shape index (κ2) is 9.25. The number of benzene rings is 2. The Hall–Kier alpha value is -2.62. The fourth-order valence-electron chi connectivity index (χ4n) is 3.47. The number of aryl methyl sites for hydroxylation is 1. The van der Waals surface area contributed by atoms with Crippen LogP contribution in [0.15, 0.2) is 30.3 Å². The Morgan fingerprint density at radius 1 is 1.23 bits per heavy atom. The summed E-state index contributed by atoms with van der Waals surface area (Å²) in [6.07, 6.45) is 0. The third-order valence-corrected chi connectivity index (χ3v) is 5.16. The third-order valence-electron chi connectivity index (χ3n) is 5.16. The highest BCUT2D eigenvalue weighted by Gasteiger charge is 2.44. The molecule has 0 saturated carbocycles. The zero-order valence-corrected chi connectivity index (χ0v) is 17.6. The van der Waals surface area contributed by atoms with Gasteiger partial charge in [0.15, 0.2) is 11.6 Å². The summed E-state index contributed by atoms with van der Waals surface area (Å²) < 4.78 is 47.6. The van der Waals surface area contributed by atoms with Gasteiger partial charge in [0, 0.05) is 19.7 Å². The highest BCUT2D eigenvalue weighted by atomic mass is 19.2. The Morgan fingerprint density at radius 2 is 1.94 bits per heavy atom. The second-order valence-corrected chi connectivity index (χ2v) is 8.02. The molecule has 3 N–H and O–H groups in total. The molecule has 168 valence electrons. The van der Waals surface area contributed by atoms with Crippen LogP contribution < -0.4 is 10.6 Å². The molecule has 2 aromatic carbocycles. The number of amides is 1. The molecule has 1 unspecified atom stereocenters. The van der Waals surface area contributed by atoms with Crippen LogP contribution in [0.4, 0.5) is 24.5 Å². The third kappa shape index (κ3) is 5.17. The molecule has 1 amide bonds. The van der Waals surface area contributed by atoms with E-state index in [1.54, 1.807) is 20.1 Å². The van der Waals surface area contributed by atoms with Crippen molar-refractivity contribution in [1.29, 1.82) is 0 Å². The number of aliphatic hydroxyl groups is 1. The van der Waals surface area contributed by atoms with Crippen molar-refractivity contribution < 1.29 is 27.8 Å². The molecule has 3 rings (SSSR count). The first kappa shape index (κ1) is 23.1. The molecule has 31 heavy (non-hydrogen) atoms. The van der Waals surface area contributed by atoms with Crippen molar-refractivity contribution in [3.05, 3.63) is 58.9 Å². The molecule has 0 radical (unpaired) electrons. The number of likely N-dealkylation sites (tertiary alicyclic amines) is 1. The number of halogens is 3. The van der Waals surface area contributed by atoms with Crippen LogP contribution in [0.2, 0.25) is 0 Å². The van der Waals surface area contributed by atoms with E-state index in [-0.39, 0.29) is 36.9 Å². The SMILES string of the molecule is COCC(C)NCC1(O)CN(C(=O)c2ccc(F)c(F)c2Nc2ccc(C)cc2F)C1. The molecule has 2 aromatic rings. The number of anilines is 2. The van der Waals surface area contributed by atoms with Gasteiger partial charge in [-0.05, 0) is 43.7 Å². The summed E-state index contributed by atoms with van der Waals surface area (Å²) in [6.45, 7) is 4.36. The molecular weight excluding hydrogens is 411 g/mol. The Kier molecular flexibility index (Phi) is 6.88. The van der Waals surface area contributed by atoms with Crippen molar-refractivity contribution in [1.82, 2.24) is 10.2 Å². The van der Waals surface area contributed by atoms with E-state index in [1.165, 1.54) is 17.0 Å². The van der Waals surface area contributed by atoms with Crippen molar-refractivity contribution in [2.75, 3.05) is 38.7 Å². The van der Waals surface area contributed by atoms with Crippen LogP contribution in [0, 0.1) is 24.4 Å². The quantitative estimate of drug-likeness (QED) is 0.592. The van der Waals surface area contributed by atoms with Gasteiger partial charge in [-0.3, -0.25) is 4.79 Å². The maximum atomic E-state index is 14.5. The average molecular weight is 437 g/mol. The van der Waals surface area contributed by atoms with E-state index >= 15 is 0 Å². The predicted octanol–water partition coefficient (Wildman–Crippen LogP) is 2.97. The molecule has 1 aliphatic rings. The summed E-state index contributed by atoms with van der Waals surface area (Å²) in [6, 6.07) is 6.25. The van der Waals surface area contributed by atoms with Crippen LogP contribution >= 0.6 is 0 Å². The van der Waals surface area contributed by atoms with Crippen LogP contribution in [0.3, 0.4) is 0 Å². The second-order valence-electron chi connectivity index (χ2n) is 8.02. The zero-order valence-electron chi connectivity index (χ0n) is 17.6. The van der Waals surface area contributed by atoms with E-state index in [0.29, 0.717) is 12.2 Å². The number of nitrogens with one attached hydrogen (secondary N) is 2. The number of hydrogen-bond donors (Lipinski definition) is 3. The standard InChI is InChI=1S/C22H26F3N3O3/c1-13-4-7-18(17(24)8-13)27-20-15(5-6-16(23)19(20)25)21(29)28-11-22(30,12-28)10-26-14(2)9-31-3/h4-8,14,26-27,30H,9-12H2,1-3H3. The summed E-state index contributed by atoms with van der Waals surface area (Å²) in [5, 5.41) is 16.2. The van der Waals surface area contributed by atoms with Gasteiger partial charge < -0.3 is 25.4 Å². The fraction of sp³-hybridized carbons (Fsp3) is 0.409. The van der Waals surface area contributed by atoms with E-state index in [1.807, 2.05) is 6.92 Å². The zero-order chi connectivity index (χ0) is 22.8. The molecule has 0 spiro atoms. The van der Waals surface area contributed by atoms with Crippen molar-refractivity contribution >= 4 is 17.3 Å². The summed E-state index contributed by atoms with van der Waals surface area (Å²) in [7, 11) is 1.58. The average Bonchev–Trinajstić information content (AvgIpc) is 2.69. The minimum Gasteiger partial charge on any atom is -0.385 e. The van der Waals surface area contributed by atoms with Crippen LogP contribution in [-0.2, 0) is 4.74 Å². The lowest BCUT2D eigenvalue weighted by molar-refractivity contribution is -0.0803. The molecule has 1 heterocycles. The highest BCUT2D eigenvalue weighted by Crippen LogP contribution is 2.31. The number of nitrogens with zero attached hydrogens (tertiary/aromatic N) is 1. The van der Waals surface area contributed by atoms with Gasteiger partial charge in [-0.1, -0.05) is 6.07 Å². The van der Waals surface area contributed by atoms with Crippen molar-refractivity contribution in [2.45, 2.75) is 25.5 Å². The summed E-state index contributed by atoms with van der Waals surface area (Å²) in [5.41, 5.74) is -1.16. The summed E-state index contributed by atoms with van der Waals surface area (Å²) in [4.78, 5) is 14.2. The molecule has 1 fully saturated rings. The van der Waals surface area contributed by atoms with Crippen LogP contribution in [0.25, 0.3) is 0 Å². The number of rotatable bonds is 8. The Morgan fingerprint density at radius 3 is 2.58 bits per heavy atom. The van der Waals surface area contributed by atoms with E-state index in [2.05, 4.69) is 10.6 Å². The van der Waals surface area contributed by atoms with Crippen molar-refractivity contribution in [3.63, 3.8) is 0 Å². The predicted molar refractivity (Wildman–Crippen MR) is 111 cm³/mol. The summed E-state index contributed by atoms with van der Waals surface area (Å²) in [5.74, 6) is -3.69. The number of methoxy groups -OCH3 is 1. The molecule has 0 aliphatic carbocycles. The fourth-order valence-corrected chi connectivity index (χ4v) is 3.47. The molecule has 9 heteroatoms. The molecule has 1 aliphatic heterocycles. The highest BCUT2D eigenvalue weighted by molar-refractivity contribution is 6.01. The van der Waals surface area contributed by atoms with Gasteiger partial charge in [-0.25, -0.2) is 13.2 Å². The topological polar surface area (TPSA) is 73.8 Å². The Balaban J connectivity index is 1.76. The largest absolute Gasteiger partial charge is 0.385 e. The van der Waals surface area contributed by atoms with Gasteiger partial charge in [0.2, 0.25) is 0 Å². The Bertz CT molecular complexity index is 965. The molecule has 1 saturated heterocycles. The molecular formula is C22H26F3N3O3. The normalized spacial score (nSPS) is 16.0. The Labute approximate surface area is 179 Å². The minimum atomic E-state index is -1.28. The van der Waals surface area contributed by atoms with E-state index < -0.39 is 34.6 Å². The van der Waals surface area contributed by atoms with Crippen molar-refractivity contribution in [3.8, 4) is 0 Å². The first-order valence-corrected chi connectivity index (χ1v) is 9.88. The van der Waals surface area contributed by atoms with Crippen LogP contribution in [0.1, 0.15) is 22.8 Å². The van der Waals surface area contributed by atoms with Crippen molar-refractivity contribution in [2.24, 2.45) is 0 Å². The number of ether oxygens (including phenoxy) is 1. The van der Waals surface area contributed by atoms with Gasteiger partial charge >= 0.3 is 0 Å².